The molecule has 0 N–H and O–H groups in total. The van der Waals surface area contributed by atoms with Gasteiger partial charge in [-0.1, -0.05) is 30.3 Å². The summed E-state index contributed by atoms with van der Waals surface area (Å²) in [6.07, 6.45) is -0.543. The summed E-state index contributed by atoms with van der Waals surface area (Å²) < 4.78 is 19.0. The van der Waals surface area contributed by atoms with E-state index in [9.17, 15) is 9.18 Å². The van der Waals surface area contributed by atoms with Crippen molar-refractivity contribution in [1.29, 1.82) is 0 Å². The van der Waals surface area contributed by atoms with E-state index in [-0.39, 0.29) is 11.7 Å². The molecule has 4 nitrogen and oxygen atoms in total. The lowest BCUT2D eigenvalue weighted by Gasteiger charge is -2.37. The molecule has 3 aromatic carbocycles. The topological polar surface area (TPSA) is 32.8 Å². The normalized spacial score (nSPS) is 15.5. The van der Waals surface area contributed by atoms with Crippen molar-refractivity contribution in [2.45, 2.75) is 13.0 Å². The lowest BCUT2D eigenvalue weighted by Crippen LogP contribution is -2.52. The Hall–Kier alpha value is -3.08. The molecule has 1 fully saturated rings. The molecule has 0 aromatic heterocycles. The number of hydrogen-bond donors (Lipinski definition) is 0. The molecular formula is C23H23FN2O2. The van der Waals surface area contributed by atoms with Crippen LogP contribution in [0.4, 0.5) is 10.1 Å². The maximum Gasteiger partial charge on any atom is 0.263 e. The molecular weight excluding hydrogens is 355 g/mol. The van der Waals surface area contributed by atoms with Crippen LogP contribution in [0.3, 0.4) is 0 Å². The largest absolute Gasteiger partial charge is 0.481 e. The minimum atomic E-state index is -0.543. The molecule has 1 amide bonds. The number of carbonyl (C=O) groups is 1. The zero-order chi connectivity index (χ0) is 19.5. The van der Waals surface area contributed by atoms with Gasteiger partial charge >= 0.3 is 0 Å². The Morgan fingerprint density at radius 2 is 1.61 bits per heavy atom. The fraction of sp³-hybridized carbons (Fsp3) is 0.261. The van der Waals surface area contributed by atoms with Crippen molar-refractivity contribution in [2.75, 3.05) is 31.1 Å². The Labute approximate surface area is 164 Å². The molecule has 3 aromatic rings. The van der Waals surface area contributed by atoms with Gasteiger partial charge < -0.3 is 14.5 Å². The van der Waals surface area contributed by atoms with Gasteiger partial charge in [-0.25, -0.2) is 4.39 Å². The summed E-state index contributed by atoms with van der Waals surface area (Å²) >= 11 is 0. The molecule has 1 aliphatic heterocycles. The second-order valence-electron chi connectivity index (χ2n) is 7.06. The van der Waals surface area contributed by atoms with Gasteiger partial charge in [-0.15, -0.1) is 0 Å². The van der Waals surface area contributed by atoms with Gasteiger partial charge in [0.15, 0.2) is 6.10 Å². The van der Waals surface area contributed by atoms with Gasteiger partial charge in [0, 0.05) is 31.9 Å². The highest BCUT2D eigenvalue weighted by Crippen LogP contribution is 2.22. The number of amides is 1. The summed E-state index contributed by atoms with van der Waals surface area (Å²) in [4.78, 5) is 16.8. The van der Waals surface area contributed by atoms with Crippen molar-refractivity contribution in [3.05, 3.63) is 72.5 Å². The van der Waals surface area contributed by atoms with E-state index in [0.29, 0.717) is 18.8 Å². The van der Waals surface area contributed by atoms with Crippen molar-refractivity contribution < 1.29 is 13.9 Å². The standard InChI is InChI=1S/C23H23FN2O2/c1-17(28-22-11-6-18-4-2-3-5-19(18)16-22)23(27)26-14-12-25(13-15-26)21-9-7-20(24)8-10-21/h2-11,16-17H,12-15H2,1H3/t17-/m1/s1. The minimum Gasteiger partial charge on any atom is -0.481 e. The van der Waals surface area contributed by atoms with E-state index in [4.69, 9.17) is 4.74 Å². The van der Waals surface area contributed by atoms with Crippen LogP contribution in [0, 0.1) is 5.82 Å². The summed E-state index contributed by atoms with van der Waals surface area (Å²) in [5.74, 6) is 0.452. The highest BCUT2D eigenvalue weighted by Gasteiger charge is 2.26. The molecule has 0 bridgehead atoms. The number of benzene rings is 3. The van der Waals surface area contributed by atoms with Gasteiger partial charge in [0.05, 0.1) is 0 Å². The third-order valence-electron chi connectivity index (χ3n) is 5.16. The maximum atomic E-state index is 13.1. The molecule has 0 saturated carbocycles. The van der Waals surface area contributed by atoms with E-state index in [1.54, 1.807) is 19.1 Å². The van der Waals surface area contributed by atoms with Gasteiger partial charge in [0.2, 0.25) is 0 Å². The average molecular weight is 378 g/mol. The number of fused-ring (bicyclic) bond motifs is 1. The summed E-state index contributed by atoms with van der Waals surface area (Å²) in [7, 11) is 0. The van der Waals surface area contributed by atoms with Gasteiger partial charge in [0.25, 0.3) is 5.91 Å². The van der Waals surface area contributed by atoms with E-state index in [1.165, 1.54) is 12.1 Å². The molecule has 0 aliphatic carbocycles. The lowest BCUT2D eigenvalue weighted by molar-refractivity contribution is -0.138. The minimum absolute atomic E-state index is 0.00749. The number of ether oxygens (including phenoxy) is 1. The van der Waals surface area contributed by atoms with E-state index in [1.807, 2.05) is 47.4 Å². The number of anilines is 1. The Morgan fingerprint density at radius 3 is 2.32 bits per heavy atom. The molecule has 4 rings (SSSR count). The zero-order valence-electron chi connectivity index (χ0n) is 15.8. The third-order valence-corrected chi connectivity index (χ3v) is 5.16. The quantitative estimate of drug-likeness (QED) is 0.685. The van der Waals surface area contributed by atoms with Crippen LogP contribution in [0.15, 0.2) is 66.7 Å². The Bertz CT molecular complexity index is 966. The van der Waals surface area contributed by atoms with Crippen molar-refractivity contribution in [3.8, 4) is 5.75 Å². The molecule has 1 saturated heterocycles. The van der Waals surface area contributed by atoms with Crippen LogP contribution < -0.4 is 9.64 Å². The predicted molar refractivity (Wildman–Crippen MR) is 109 cm³/mol. The first-order chi connectivity index (χ1) is 13.6. The maximum absolute atomic E-state index is 13.1. The second-order valence-corrected chi connectivity index (χ2v) is 7.06. The zero-order valence-corrected chi connectivity index (χ0v) is 15.8. The van der Waals surface area contributed by atoms with Crippen LogP contribution in [0.1, 0.15) is 6.92 Å². The number of halogens is 1. The van der Waals surface area contributed by atoms with Crippen molar-refractivity contribution in [3.63, 3.8) is 0 Å². The SMILES string of the molecule is C[C@@H](Oc1ccc2ccccc2c1)C(=O)N1CCN(c2ccc(F)cc2)CC1. The number of nitrogens with zero attached hydrogens (tertiary/aromatic N) is 2. The van der Waals surface area contributed by atoms with Crippen LogP contribution in [0.2, 0.25) is 0 Å². The number of rotatable bonds is 4. The van der Waals surface area contributed by atoms with E-state index in [2.05, 4.69) is 4.90 Å². The average Bonchev–Trinajstić information content (AvgIpc) is 2.74. The smallest absolute Gasteiger partial charge is 0.263 e. The Balaban J connectivity index is 1.35. The summed E-state index contributed by atoms with van der Waals surface area (Å²) in [6.45, 7) is 4.49. The Morgan fingerprint density at radius 1 is 0.929 bits per heavy atom. The van der Waals surface area contributed by atoms with E-state index >= 15 is 0 Å². The fourth-order valence-electron chi connectivity index (χ4n) is 3.59. The number of piperazine rings is 1. The fourth-order valence-corrected chi connectivity index (χ4v) is 3.59. The lowest BCUT2D eigenvalue weighted by atomic mass is 10.1. The highest BCUT2D eigenvalue weighted by molar-refractivity contribution is 5.84. The van der Waals surface area contributed by atoms with E-state index < -0.39 is 6.10 Å². The molecule has 144 valence electrons. The van der Waals surface area contributed by atoms with Crippen LogP contribution >= 0.6 is 0 Å². The van der Waals surface area contributed by atoms with Crippen LogP contribution in [-0.4, -0.2) is 43.1 Å². The summed E-state index contributed by atoms with van der Waals surface area (Å²) in [5, 5.41) is 2.23. The monoisotopic (exact) mass is 378 g/mol. The second kappa shape index (κ2) is 7.89. The summed E-state index contributed by atoms with van der Waals surface area (Å²) in [5.41, 5.74) is 0.981. The van der Waals surface area contributed by atoms with Gasteiger partial charge in [0.1, 0.15) is 11.6 Å². The molecule has 0 unspecified atom stereocenters. The predicted octanol–water partition coefficient (Wildman–Crippen LogP) is 4.10. The van der Waals surface area contributed by atoms with Gasteiger partial charge in [-0.3, -0.25) is 4.79 Å². The molecule has 1 heterocycles. The van der Waals surface area contributed by atoms with Crippen molar-refractivity contribution in [2.24, 2.45) is 0 Å². The first-order valence-electron chi connectivity index (χ1n) is 9.55. The molecule has 5 heteroatoms. The molecule has 0 radical (unpaired) electrons. The number of hydrogen-bond acceptors (Lipinski definition) is 3. The van der Waals surface area contributed by atoms with Crippen molar-refractivity contribution >= 4 is 22.4 Å². The van der Waals surface area contributed by atoms with Gasteiger partial charge in [-0.05, 0) is 54.1 Å². The summed E-state index contributed by atoms with van der Waals surface area (Å²) in [6, 6.07) is 20.4. The van der Waals surface area contributed by atoms with Crippen LogP contribution in [-0.2, 0) is 4.79 Å². The van der Waals surface area contributed by atoms with Crippen LogP contribution in [0.5, 0.6) is 5.75 Å². The first-order valence-corrected chi connectivity index (χ1v) is 9.55. The first kappa shape index (κ1) is 18.3. The van der Waals surface area contributed by atoms with Gasteiger partial charge in [-0.2, -0.15) is 0 Å². The third kappa shape index (κ3) is 3.93. The Kier molecular flexibility index (Phi) is 5.15. The molecule has 1 aliphatic rings. The molecule has 1 atom stereocenters. The van der Waals surface area contributed by atoms with Crippen LogP contribution in [0.25, 0.3) is 10.8 Å². The van der Waals surface area contributed by atoms with Crippen molar-refractivity contribution in [1.82, 2.24) is 4.90 Å². The number of carbonyl (C=O) groups excluding carboxylic acids is 1. The van der Waals surface area contributed by atoms with E-state index in [0.717, 1.165) is 29.5 Å². The molecule has 0 spiro atoms. The highest BCUT2D eigenvalue weighted by atomic mass is 19.1. The molecule has 28 heavy (non-hydrogen) atoms.